The summed E-state index contributed by atoms with van der Waals surface area (Å²) in [4.78, 5) is 11.3. The van der Waals surface area contributed by atoms with Gasteiger partial charge in [0, 0.05) is 38.0 Å². The van der Waals surface area contributed by atoms with Crippen molar-refractivity contribution >= 4 is 46.4 Å². The molecular weight excluding hydrogens is 461 g/mol. The van der Waals surface area contributed by atoms with Crippen LogP contribution in [0.1, 0.15) is 30.6 Å². The van der Waals surface area contributed by atoms with E-state index in [2.05, 4.69) is 34.0 Å². The largest absolute Gasteiger partial charge is 0.493 e. The SMILES string of the molecule is CCNC(=NCc1csc(N(C)C)n1)NC1CCOc2ccccc21.I. The molecule has 0 spiro atoms. The number of guanidine groups is 1. The van der Waals surface area contributed by atoms with Crippen molar-refractivity contribution in [1.82, 2.24) is 15.6 Å². The number of benzene rings is 1. The fourth-order valence-corrected chi connectivity index (χ4v) is 3.46. The summed E-state index contributed by atoms with van der Waals surface area (Å²) in [7, 11) is 4.00. The summed E-state index contributed by atoms with van der Waals surface area (Å²) in [6.07, 6.45) is 0.920. The van der Waals surface area contributed by atoms with Crippen LogP contribution in [0.2, 0.25) is 0 Å². The van der Waals surface area contributed by atoms with Crippen LogP contribution in [-0.2, 0) is 6.54 Å². The number of nitrogens with one attached hydrogen (secondary N) is 2. The molecule has 1 aromatic heterocycles. The Kier molecular flexibility index (Phi) is 7.95. The lowest BCUT2D eigenvalue weighted by Crippen LogP contribution is -2.41. The van der Waals surface area contributed by atoms with Gasteiger partial charge in [-0.3, -0.25) is 0 Å². The van der Waals surface area contributed by atoms with Crippen LogP contribution >= 0.6 is 35.3 Å². The molecule has 1 atom stereocenters. The fraction of sp³-hybridized carbons (Fsp3) is 0.444. The normalized spacial score (nSPS) is 16.1. The van der Waals surface area contributed by atoms with E-state index in [4.69, 9.17) is 9.73 Å². The predicted molar refractivity (Wildman–Crippen MR) is 119 cm³/mol. The molecule has 1 unspecified atom stereocenters. The highest BCUT2D eigenvalue weighted by molar-refractivity contribution is 14.0. The Morgan fingerprint density at radius 3 is 2.92 bits per heavy atom. The van der Waals surface area contributed by atoms with Gasteiger partial charge in [0.25, 0.3) is 0 Å². The number of anilines is 1. The van der Waals surface area contributed by atoms with Crippen molar-refractivity contribution < 1.29 is 4.74 Å². The van der Waals surface area contributed by atoms with Crippen LogP contribution in [0.25, 0.3) is 0 Å². The van der Waals surface area contributed by atoms with Gasteiger partial charge in [-0.2, -0.15) is 0 Å². The maximum atomic E-state index is 5.74. The second-order valence-corrected chi connectivity index (χ2v) is 6.92. The summed E-state index contributed by atoms with van der Waals surface area (Å²) in [6, 6.07) is 8.38. The number of fused-ring (bicyclic) bond motifs is 1. The molecule has 1 aliphatic rings. The zero-order valence-electron chi connectivity index (χ0n) is 15.4. The van der Waals surface area contributed by atoms with Crippen LogP contribution < -0.4 is 20.3 Å². The average molecular weight is 487 g/mol. The number of aliphatic imine (C=N–C) groups is 1. The van der Waals surface area contributed by atoms with Crippen molar-refractivity contribution in [2.45, 2.75) is 25.9 Å². The molecule has 0 bridgehead atoms. The van der Waals surface area contributed by atoms with Gasteiger partial charge in [-0.1, -0.05) is 18.2 Å². The highest BCUT2D eigenvalue weighted by atomic mass is 127. The van der Waals surface area contributed by atoms with Gasteiger partial charge in [0.1, 0.15) is 5.75 Å². The van der Waals surface area contributed by atoms with Gasteiger partial charge in [0.2, 0.25) is 0 Å². The first kappa shape index (κ1) is 20.8. The quantitative estimate of drug-likeness (QED) is 0.385. The first-order valence-corrected chi connectivity index (χ1v) is 9.43. The third-order valence-electron chi connectivity index (χ3n) is 3.94. The van der Waals surface area contributed by atoms with Gasteiger partial charge in [0.15, 0.2) is 11.1 Å². The molecule has 142 valence electrons. The van der Waals surface area contributed by atoms with E-state index in [1.54, 1.807) is 11.3 Å². The molecule has 0 saturated heterocycles. The standard InChI is InChI=1S/C18H25N5OS.HI/c1-4-19-17(20-11-13-12-25-18(21-13)23(2)3)22-15-9-10-24-16-8-6-5-7-14(15)16;/h5-8,12,15H,4,9-11H2,1-3H3,(H2,19,20,22);1H. The number of thiazole rings is 1. The highest BCUT2D eigenvalue weighted by Crippen LogP contribution is 2.31. The van der Waals surface area contributed by atoms with Gasteiger partial charge in [0.05, 0.1) is 24.9 Å². The molecule has 0 aliphatic carbocycles. The summed E-state index contributed by atoms with van der Waals surface area (Å²) >= 11 is 1.64. The van der Waals surface area contributed by atoms with Crippen molar-refractivity contribution in [2.24, 2.45) is 4.99 Å². The first-order valence-electron chi connectivity index (χ1n) is 8.55. The van der Waals surface area contributed by atoms with Crippen LogP contribution in [0.4, 0.5) is 5.13 Å². The second-order valence-electron chi connectivity index (χ2n) is 6.08. The monoisotopic (exact) mass is 487 g/mol. The summed E-state index contributed by atoms with van der Waals surface area (Å²) in [5.74, 6) is 1.76. The van der Waals surface area contributed by atoms with Gasteiger partial charge >= 0.3 is 0 Å². The first-order chi connectivity index (χ1) is 12.2. The van der Waals surface area contributed by atoms with Gasteiger partial charge in [-0.25, -0.2) is 9.98 Å². The maximum Gasteiger partial charge on any atom is 0.192 e. The van der Waals surface area contributed by atoms with E-state index in [1.807, 2.05) is 37.2 Å². The number of aromatic nitrogens is 1. The number of para-hydroxylation sites is 1. The fourth-order valence-electron chi connectivity index (χ4n) is 2.71. The Morgan fingerprint density at radius 2 is 2.19 bits per heavy atom. The summed E-state index contributed by atoms with van der Waals surface area (Å²) < 4.78 is 5.74. The van der Waals surface area contributed by atoms with E-state index >= 15 is 0 Å². The molecule has 1 aliphatic heterocycles. The lowest BCUT2D eigenvalue weighted by molar-refractivity contribution is 0.261. The van der Waals surface area contributed by atoms with Crippen molar-refractivity contribution in [2.75, 3.05) is 32.1 Å². The average Bonchev–Trinajstić information content (AvgIpc) is 3.09. The van der Waals surface area contributed by atoms with Gasteiger partial charge < -0.3 is 20.3 Å². The molecule has 0 amide bonds. The second kappa shape index (κ2) is 9.96. The minimum atomic E-state index is 0. The number of rotatable bonds is 5. The van der Waals surface area contributed by atoms with E-state index in [0.29, 0.717) is 13.2 Å². The molecule has 0 radical (unpaired) electrons. The lowest BCUT2D eigenvalue weighted by Gasteiger charge is -2.28. The molecule has 6 nitrogen and oxygen atoms in total. The van der Waals surface area contributed by atoms with Crippen molar-refractivity contribution in [1.29, 1.82) is 0 Å². The van der Waals surface area contributed by atoms with E-state index in [-0.39, 0.29) is 30.0 Å². The smallest absolute Gasteiger partial charge is 0.192 e. The number of nitrogens with zero attached hydrogens (tertiary/aromatic N) is 3. The summed E-state index contributed by atoms with van der Waals surface area (Å²) in [6.45, 7) is 4.16. The van der Waals surface area contributed by atoms with E-state index in [1.165, 1.54) is 5.56 Å². The molecule has 3 rings (SSSR count). The van der Waals surface area contributed by atoms with Crippen LogP contribution in [0, 0.1) is 0 Å². The van der Waals surface area contributed by atoms with Crippen LogP contribution in [-0.4, -0.2) is 38.2 Å². The Bertz CT molecular complexity index is 734. The molecular formula is C18H26IN5OS. The predicted octanol–water partition coefficient (Wildman–Crippen LogP) is 3.41. The molecule has 0 fully saturated rings. The molecule has 1 aromatic carbocycles. The van der Waals surface area contributed by atoms with Crippen molar-refractivity contribution in [3.63, 3.8) is 0 Å². The van der Waals surface area contributed by atoms with Crippen molar-refractivity contribution in [3.05, 3.63) is 40.9 Å². The summed E-state index contributed by atoms with van der Waals surface area (Å²) in [5, 5.41) is 9.92. The van der Waals surface area contributed by atoms with Gasteiger partial charge in [-0.05, 0) is 13.0 Å². The van der Waals surface area contributed by atoms with E-state index < -0.39 is 0 Å². The number of ether oxygens (including phenoxy) is 1. The number of hydrogen-bond donors (Lipinski definition) is 2. The lowest BCUT2D eigenvalue weighted by atomic mass is 10.0. The van der Waals surface area contributed by atoms with Crippen LogP contribution in [0.3, 0.4) is 0 Å². The van der Waals surface area contributed by atoms with E-state index in [9.17, 15) is 0 Å². The third-order valence-corrected chi connectivity index (χ3v) is 4.99. The molecule has 26 heavy (non-hydrogen) atoms. The topological polar surface area (TPSA) is 61.8 Å². The minimum absolute atomic E-state index is 0. The molecule has 0 saturated carbocycles. The Morgan fingerprint density at radius 1 is 1.38 bits per heavy atom. The molecule has 2 N–H and O–H groups in total. The maximum absolute atomic E-state index is 5.74. The Hall–Kier alpha value is -1.55. The van der Waals surface area contributed by atoms with Crippen LogP contribution in [0.5, 0.6) is 5.75 Å². The highest BCUT2D eigenvalue weighted by Gasteiger charge is 2.21. The Balaban J connectivity index is 0.00000243. The minimum Gasteiger partial charge on any atom is -0.493 e. The molecule has 2 heterocycles. The summed E-state index contributed by atoms with van der Waals surface area (Å²) in [5.41, 5.74) is 2.17. The Labute approximate surface area is 176 Å². The number of halogens is 1. The van der Waals surface area contributed by atoms with E-state index in [0.717, 1.165) is 35.5 Å². The zero-order valence-corrected chi connectivity index (χ0v) is 18.5. The van der Waals surface area contributed by atoms with Gasteiger partial charge in [-0.15, -0.1) is 35.3 Å². The molecule has 2 aromatic rings. The number of hydrogen-bond acceptors (Lipinski definition) is 5. The third kappa shape index (κ3) is 5.23. The van der Waals surface area contributed by atoms with Crippen LogP contribution in [0.15, 0.2) is 34.6 Å². The van der Waals surface area contributed by atoms with Crippen molar-refractivity contribution in [3.8, 4) is 5.75 Å². The zero-order chi connectivity index (χ0) is 17.6. The molecule has 8 heteroatoms.